The lowest BCUT2D eigenvalue weighted by atomic mass is 9.99. The van der Waals surface area contributed by atoms with Gasteiger partial charge >= 0.3 is 0 Å². The summed E-state index contributed by atoms with van der Waals surface area (Å²) in [5.41, 5.74) is 0.953. The molecule has 2 aromatic carbocycles. The van der Waals surface area contributed by atoms with Crippen molar-refractivity contribution in [3.63, 3.8) is 0 Å². The van der Waals surface area contributed by atoms with E-state index in [1.165, 1.54) is 0 Å². The molecule has 8 heteroatoms. The molecule has 1 N–H and O–H groups in total. The molecule has 2 fully saturated rings. The van der Waals surface area contributed by atoms with Crippen molar-refractivity contribution < 1.29 is 19.1 Å². The van der Waals surface area contributed by atoms with Crippen LogP contribution in [0.25, 0.3) is 10.8 Å². The predicted molar refractivity (Wildman–Crippen MR) is 135 cm³/mol. The van der Waals surface area contributed by atoms with Gasteiger partial charge in [-0.15, -0.1) is 0 Å². The molecule has 35 heavy (non-hydrogen) atoms. The first-order chi connectivity index (χ1) is 16.9. The molecule has 0 aromatic heterocycles. The van der Waals surface area contributed by atoms with Crippen molar-refractivity contribution in [2.45, 2.75) is 26.3 Å². The highest BCUT2D eigenvalue weighted by molar-refractivity contribution is 5.92. The van der Waals surface area contributed by atoms with Gasteiger partial charge in [-0.25, -0.2) is 0 Å². The van der Waals surface area contributed by atoms with Gasteiger partial charge in [-0.2, -0.15) is 0 Å². The number of rotatable bonds is 7. The van der Waals surface area contributed by atoms with Crippen molar-refractivity contribution in [3.8, 4) is 0 Å². The van der Waals surface area contributed by atoms with Gasteiger partial charge in [0.1, 0.15) is 6.04 Å². The summed E-state index contributed by atoms with van der Waals surface area (Å²) in [6, 6.07) is 13.4. The molecule has 2 aliphatic rings. The van der Waals surface area contributed by atoms with Crippen molar-refractivity contribution in [1.82, 2.24) is 20.0 Å². The zero-order valence-electron chi connectivity index (χ0n) is 20.7. The van der Waals surface area contributed by atoms with Gasteiger partial charge in [0.2, 0.25) is 17.7 Å². The van der Waals surface area contributed by atoms with Gasteiger partial charge in [0.25, 0.3) is 0 Å². The molecule has 0 aliphatic carbocycles. The van der Waals surface area contributed by atoms with Gasteiger partial charge in [0.05, 0.1) is 26.2 Å². The minimum absolute atomic E-state index is 0.0279. The van der Waals surface area contributed by atoms with Gasteiger partial charge in [-0.05, 0) is 22.3 Å². The number of piperazine rings is 1. The smallest absolute Gasteiger partial charge is 0.245 e. The molecule has 1 unspecified atom stereocenters. The van der Waals surface area contributed by atoms with E-state index in [9.17, 15) is 14.4 Å². The second-order valence-electron chi connectivity index (χ2n) is 9.70. The highest BCUT2D eigenvalue weighted by Crippen LogP contribution is 2.19. The number of ether oxygens (including phenoxy) is 1. The number of carbonyl (C=O) groups excluding carboxylic acids is 3. The van der Waals surface area contributed by atoms with Crippen molar-refractivity contribution in [2.75, 3.05) is 59.0 Å². The molecule has 188 valence electrons. The van der Waals surface area contributed by atoms with Gasteiger partial charge in [-0.1, -0.05) is 56.3 Å². The van der Waals surface area contributed by atoms with E-state index in [-0.39, 0.29) is 30.1 Å². The first kappa shape index (κ1) is 25.1. The molecule has 2 heterocycles. The van der Waals surface area contributed by atoms with E-state index in [4.69, 9.17) is 4.74 Å². The van der Waals surface area contributed by atoms with Crippen molar-refractivity contribution in [3.05, 3.63) is 48.0 Å². The van der Waals surface area contributed by atoms with E-state index in [1.54, 1.807) is 0 Å². The van der Waals surface area contributed by atoms with Crippen LogP contribution in [0.5, 0.6) is 0 Å². The second-order valence-corrected chi connectivity index (χ2v) is 9.70. The van der Waals surface area contributed by atoms with Crippen LogP contribution in [-0.4, -0.2) is 97.5 Å². The summed E-state index contributed by atoms with van der Waals surface area (Å²) < 4.78 is 5.32. The number of fused-ring (bicyclic) bond motifs is 1. The largest absolute Gasteiger partial charge is 0.378 e. The molecule has 0 spiro atoms. The number of amides is 3. The Morgan fingerprint density at radius 1 is 0.886 bits per heavy atom. The Bertz CT molecular complexity index is 1040. The van der Waals surface area contributed by atoms with Crippen molar-refractivity contribution >= 4 is 28.5 Å². The lowest BCUT2D eigenvalue weighted by molar-refractivity contribution is -0.140. The molecule has 2 aromatic rings. The summed E-state index contributed by atoms with van der Waals surface area (Å²) in [5.74, 6) is -0.109. The number of nitrogens with one attached hydrogen (secondary N) is 1. The molecule has 1 atom stereocenters. The Morgan fingerprint density at radius 3 is 2.29 bits per heavy atom. The molecular formula is C27H36N4O4. The third-order valence-electron chi connectivity index (χ3n) is 6.89. The molecule has 0 saturated carbocycles. The van der Waals surface area contributed by atoms with Crippen LogP contribution in [0.15, 0.2) is 42.5 Å². The number of morpholine rings is 1. The molecule has 8 nitrogen and oxygen atoms in total. The quantitative estimate of drug-likeness (QED) is 0.650. The topological polar surface area (TPSA) is 82.2 Å². The van der Waals surface area contributed by atoms with E-state index in [2.05, 4.69) is 10.2 Å². The maximum atomic E-state index is 13.3. The van der Waals surface area contributed by atoms with Crippen LogP contribution in [0.4, 0.5) is 0 Å². The zero-order valence-corrected chi connectivity index (χ0v) is 20.7. The Morgan fingerprint density at radius 2 is 1.57 bits per heavy atom. The molecule has 2 aliphatic heterocycles. The standard InChI is InChI=1S/C27H36N4O4/c1-20(2)26(28-24(32)18-22-8-5-7-21-6-3-4-9-23(21)22)27(34)31-12-10-29(11-13-31)19-25(33)30-14-16-35-17-15-30/h3-9,20,26H,10-19H2,1-2H3,(H,28,32). The monoisotopic (exact) mass is 480 g/mol. The molecule has 3 amide bonds. The van der Waals surface area contributed by atoms with Gasteiger partial charge < -0.3 is 19.9 Å². The van der Waals surface area contributed by atoms with Crippen LogP contribution in [-0.2, 0) is 25.5 Å². The average molecular weight is 481 g/mol. The molecule has 2 saturated heterocycles. The van der Waals surface area contributed by atoms with Crippen LogP contribution >= 0.6 is 0 Å². The Labute approximate surface area is 207 Å². The fraction of sp³-hybridized carbons (Fsp3) is 0.519. The fourth-order valence-corrected chi connectivity index (χ4v) is 4.78. The van der Waals surface area contributed by atoms with Crippen LogP contribution < -0.4 is 5.32 Å². The Kier molecular flexibility index (Phi) is 8.36. The number of carbonyl (C=O) groups is 3. The summed E-state index contributed by atoms with van der Waals surface area (Å²) in [4.78, 5) is 44.6. The normalized spacial score (nSPS) is 18.0. The summed E-state index contributed by atoms with van der Waals surface area (Å²) in [5, 5.41) is 5.15. The summed E-state index contributed by atoms with van der Waals surface area (Å²) in [7, 11) is 0. The van der Waals surface area contributed by atoms with Gasteiger partial charge in [-0.3, -0.25) is 19.3 Å². The maximum Gasteiger partial charge on any atom is 0.245 e. The van der Waals surface area contributed by atoms with E-state index in [0.717, 1.165) is 16.3 Å². The first-order valence-corrected chi connectivity index (χ1v) is 12.5. The van der Waals surface area contributed by atoms with E-state index in [1.807, 2.05) is 66.1 Å². The number of hydrogen-bond donors (Lipinski definition) is 1. The summed E-state index contributed by atoms with van der Waals surface area (Å²) in [6.45, 7) is 9.17. The third-order valence-corrected chi connectivity index (χ3v) is 6.89. The number of benzene rings is 2. The Balaban J connectivity index is 1.30. The van der Waals surface area contributed by atoms with Crippen LogP contribution in [0.1, 0.15) is 19.4 Å². The molecular weight excluding hydrogens is 444 g/mol. The van der Waals surface area contributed by atoms with Gasteiger partial charge in [0.15, 0.2) is 0 Å². The maximum absolute atomic E-state index is 13.3. The van der Waals surface area contributed by atoms with E-state index in [0.29, 0.717) is 59.0 Å². The van der Waals surface area contributed by atoms with E-state index < -0.39 is 6.04 Å². The fourth-order valence-electron chi connectivity index (χ4n) is 4.78. The van der Waals surface area contributed by atoms with Crippen LogP contribution in [0, 0.1) is 5.92 Å². The summed E-state index contributed by atoms with van der Waals surface area (Å²) in [6.07, 6.45) is 0.231. The third kappa shape index (κ3) is 6.38. The lowest BCUT2D eigenvalue weighted by Crippen LogP contribution is -2.57. The Hall–Kier alpha value is -2.97. The predicted octanol–water partition coefficient (Wildman–Crippen LogP) is 1.53. The van der Waals surface area contributed by atoms with Gasteiger partial charge in [0, 0.05) is 39.3 Å². The average Bonchev–Trinajstić information content (AvgIpc) is 2.88. The van der Waals surface area contributed by atoms with Crippen molar-refractivity contribution in [2.24, 2.45) is 5.92 Å². The number of nitrogens with zero attached hydrogens (tertiary/aromatic N) is 3. The highest BCUT2D eigenvalue weighted by Gasteiger charge is 2.31. The van der Waals surface area contributed by atoms with E-state index >= 15 is 0 Å². The number of hydrogen-bond acceptors (Lipinski definition) is 5. The molecule has 0 radical (unpaired) electrons. The highest BCUT2D eigenvalue weighted by atomic mass is 16.5. The van der Waals surface area contributed by atoms with Crippen molar-refractivity contribution in [1.29, 1.82) is 0 Å². The van der Waals surface area contributed by atoms with Crippen LogP contribution in [0.2, 0.25) is 0 Å². The van der Waals surface area contributed by atoms with Crippen LogP contribution in [0.3, 0.4) is 0 Å². The minimum Gasteiger partial charge on any atom is -0.378 e. The summed E-state index contributed by atoms with van der Waals surface area (Å²) >= 11 is 0. The first-order valence-electron chi connectivity index (χ1n) is 12.5. The minimum atomic E-state index is -0.570. The lowest BCUT2D eigenvalue weighted by Gasteiger charge is -2.38. The molecule has 4 rings (SSSR count). The SMILES string of the molecule is CC(C)C(NC(=O)Cc1cccc2ccccc12)C(=O)N1CCN(CC(=O)N2CCOCC2)CC1. The molecule has 0 bridgehead atoms. The second kappa shape index (κ2) is 11.6. The zero-order chi connectivity index (χ0) is 24.8.